The van der Waals surface area contributed by atoms with Crippen LogP contribution in [0.25, 0.3) is 0 Å². The number of nitrogens with zero attached hydrogens (tertiary/aromatic N) is 2. The van der Waals surface area contributed by atoms with Gasteiger partial charge in [-0.1, -0.05) is 11.6 Å². The highest BCUT2D eigenvalue weighted by Crippen LogP contribution is 2.40. The number of sulfonamides is 1. The molecule has 2 aliphatic rings. The van der Waals surface area contributed by atoms with Crippen molar-refractivity contribution in [2.45, 2.75) is 30.1 Å². The zero-order valence-corrected chi connectivity index (χ0v) is 22.2. The van der Waals surface area contributed by atoms with Crippen molar-refractivity contribution in [2.24, 2.45) is 13.0 Å². The summed E-state index contributed by atoms with van der Waals surface area (Å²) in [6.07, 6.45) is -4.78. The molecular formula is C22H21ClF5N5O6S. The van der Waals surface area contributed by atoms with Crippen LogP contribution in [0, 0.1) is 17.6 Å². The molecule has 0 bridgehead atoms. The van der Waals surface area contributed by atoms with Crippen molar-refractivity contribution in [1.82, 2.24) is 19.5 Å². The number of ether oxygens (including phenoxy) is 1. The van der Waals surface area contributed by atoms with Gasteiger partial charge in [-0.3, -0.25) is 14.4 Å². The molecule has 1 aromatic carbocycles. The van der Waals surface area contributed by atoms with E-state index in [1.165, 1.54) is 7.05 Å². The first-order valence-corrected chi connectivity index (χ1v) is 13.3. The Hall–Kier alpha value is -3.44. The summed E-state index contributed by atoms with van der Waals surface area (Å²) < 4.78 is 101. The number of amides is 3. The van der Waals surface area contributed by atoms with Crippen LogP contribution in [0.2, 0.25) is 5.15 Å². The van der Waals surface area contributed by atoms with Gasteiger partial charge < -0.3 is 24.8 Å². The lowest BCUT2D eigenvalue weighted by Gasteiger charge is -2.23. The van der Waals surface area contributed by atoms with Gasteiger partial charge in [0, 0.05) is 43.9 Å². The third-order valence-electron chi connectivity index (χ3n) is 6.41. The predicted octanol–water partition coefficient (Wildman–Crippen LogP) is 1.77. The summed E-state index contributed by atoms with van der Waals surface area (Å²) in [5.74, 6) is -7.43. The highest BCUT2D eigenvalue weighted by atomic mass is 35.5. The second-order valence-corrected chi connectivity index (χ2v) is 11.2. The first-order chi connectivity index (χ1) is 18.5. The summed E-state index contributed by atoms with van der Waals surface area (Å²) in [6.45, 7) is -0.252. The monoisotopic (exact) mass is 613 g/mol. The molecule has 1 aromatic heterocycles. The number of halogens is 6. The highest BCUT2D eigenvalue weighted by Gasteiger charge is 2.45. The average molecular weight is 614 g/mol. The maximum atomic E-state index is 13.6. The van der Waals surface area contributed by atoms with Crippen LogP contribution in [0.15, 0.2) is 23.1 Å². The molecule has 18 heteroatoms. The number of alkyl halides is 3. The largest absolute Gasteiger partial charge is 0.489 e. The fourth-order valence-corrected chi connectivity index (χ4v) is 6.28. The van der Waals surface area contributed by atoms with Gasteiger partial charge >= 0.3 is 18.0 Å². The topological polar surface area (TPSA) is 139 Å². The number of benzene rings is 1. The minimum absolute atomic E-state index is 0.148. The van der Waals surface area contributed by atoms with Gasteiger partial charge in [-0.25, -0.2) is 21.9 Å². The molecule has 2 aromatic rings. The summed E-state index contributed by atoms with van der Waals surface area (Å²) in [5, 5.41) is 3.43. The van der Waals surface area contributed by atoms with Gasteiger partial charge in [-0.15, -0.1) is 0 Å². The normalized spacial score (nSPS) is 20.9. The summed E-state index contributed by atoms with van der Waals surface area (Å²) in [6, 6.07) is -0.748. The van der Waals surface area contributed by atoms with Crippen LogP contribution in [0.1, 0.15) is 17.4 Å². The number of anilines is 1. The number of hydrogen-bond donors (Lipinski definition) is 3. The summed E-state index contributed by atoms with van der Waals surface area (Å²) in [4.78, 5) is 37.9. The zero-order valence-electron chi connectivity index (χ0n) is 20.6. The van der Waals surface area contributed by atoms with E-state index in [-0.39, 0.29) is 31.1 Å². The van der Waals surface area contributed by atoms with Crippen LogP contribution in [0.4, 0.5) is 27.6 Å². The molecule has 0 aliphatic carbocycles. The van der Waals surface area contributed by atoms with E-state index >= 15 is 0 Å². The van der Waals surface area contributed by atoms with Gasteiger partial charge in [-0.2, -0.15) is 13.2 Å². The van der Waals surface area contributed by atoms with Gasteiger partial charge in [0.25, 0.3) is 5.91 Å². The molecule has 11 nitrogen and oxygen atoms in total. The Morgan fingerprint density at radius 3 is 2.48 bits per heavy atom. The fraction of sp³-hybridized carbons (Fsp3) is 0.409. The average Bonchev–Trinajstić information content (AvgIpc) is 3.35. The molecule has 4 rings (SSSR count). The number of carbonyl (C=O) groups excluding carboxylic acids is 3. The minimum atomic E-state index is -4.78. The van der Waals surface area contributed by atoms with Gasteiger partial charge in [0.1, 0.15) is 11.2 Å². The van der Waals surface area contributed by atoms with E-state index in [4.69, 9.17) is 16.3 Å². The van der Waals surface area contributed by atoms with Gasteiger partial charge in [0.2, 0.25) is 10.0 Å². The van der Waals surface area contributed by atoms with Crippen LogP contribution in [0.3, 0.4) is 0 Å². The summed E-state index contributed by atoms with van der Waals surface area (Å²) >= 11 is 6.25. The summed E-state index contributed by atoms with van der Waals surface area (Å²) in [5.41, 5.74) is -0.523. The Bertz CT molecular complexity index is 1500. The molecule has 0 radical (unpaired) electrons. The van der Waals surface area contributed by atoms with Gasteiger partial charge in [0.15, 0.2) is 28.0 Å². The van der Waals surface area contributed by atoms with Crippen LogP contribution >= 0.6 is 11.6 Å². The Labute approximate surface area is 228 Å². The standard InChI is InChI=1S/C22H21ClF5N5O6S/c1-9(22(26,27)28)29-20(35)21(36)33-6-10-8-39-16-15(19(34)30-11-3-4-12(24)13(25)5-11)32(2)18(23)17(16)40(37,38)31-14(10)7-33/h3-5,9-10,14,31H,6-8H2,1-2H3,(H,29,35)(H,30,34)/t9-,10+,14+/m1/s1. The molecule has 0 unspecified atom stereocenters. The molecule has 1 saturated heterocycles. The van der Waals surface area contributed by atoms with Crippen molar-refractivity contribution < 1.29 is 49.5 Å². The minimum Gasteiger partial charge on any atom is -0.489 e. The maximum absolute atomic E-state index is 13.6. The van der Waals surface area contributed by atoms with Crippen LogP contribution in [-0.4, -0.2) is 73.6 Å². The number of aromatic nitrogens is 1. The van der Waals surface area contributed by atoms with Crippen molar-refractivity contribution in [3.8, 4) is 5.75 Å². The van der Waals surface area contributed by atoms with E-state index in [0.717, 1.165) is 21.6 Å². The Morgan fingerprint density at radius 2 is 1.85 bits per heavy atom. The summed E-state index contributed by atoms with van der Waals surface area (Å²) in [7, 11) is -3.25. The quantitative estimate of drug-likeness (QED) is 0.356. The molecule has 3 amide bonds. The lowest BCUT2D eigenvalue weighted by molar-refractivity contribution is -0.162. The van der Waals surface area contributed by atoms with Crippen molar-refractivity contribution >= 4 is 45.0 Å². The van der Waals surface area contributed by atoms with E-state index in [1.807, 2.05) is 0 Å². The van der Waals surface area contributed by atoms with Crippen LogP contribution < -0.4 is 20.1 Å². The Balaban J connectivity index is 1.58. The number of hydrogen-bond acceptors (Lipinski definition) is 6. The first kappa shape index (κ1) is 29.5. The maximum Gasteiger partial charge on any atom is 0.408 e. The van der Waals surface area contributed by atoms with Crippen molar-refractivity contribution in [3.63, 3.8) is 0 Å². The fourth-order valence-electron chi connectivity index (χ4n) is 4.26. The lowest BCUT2D eigenvalue weighted by Crippen LogP contribution is -2.50. The Kier molecular flexibility index (Phi) is 7.76. The molecule has 218 valence electrons. The van der Waals surface area contributed by atoms with Crippen molar-refractivity contribution in [2.75, 3.05) is 25.0 Å². The SMILES string of the molecule is C[C@@H](NC(=O)C(=O)N1C[C@H]2COc3c(c(Cl)n(C)c3C(=O)Nc3ccc(F)c(F)c3)S(=O)(=O)N[C@H]2C1)C(F)(F)F. The van der Waals surface area contributed by atoms with E-state index in [0.29, 0.717) is 13.0 Å². The molecule has 3 N–H and O–H groups in total. The number of rotatable bonds is 3. The molecule has 3 atom stereocenters. The molecule has 1 fully saturated rings. The number of fused-ring (bicyclic) bond motifs is 2. The predicted molar refractivity (Wildman–Crippen MR) is 128 cm³/mol. The van der Waals surface area contributed by atoms with Crippen molar-refractivity contribution in [3.05, 3.63) is 40.7 Å². The third-order valence-corrected chi connectivity index (χ3v) is 8.49. The molecule has 40 heavy (non-hydrogen) atoms. The molecule has 2 aliphatic heterocycles. The first-order valence-electron chi connectivity index (χ1n) is 11.5. The van der Waals surface area contributed by atoms with Gasteiger partial charge in [-0.05, 0) is 19.1 Å². The van der Waals surface area contributed by atoms with E-state index in [1.54, 1.807) is 5.32 Å². The van der Waals surface area contributed by atoms with Crippen LogP contribution in [0.5, 0.6) is 5.75 Å². The molecule has 0 saturated carbocycles. The molecule has 0 spiro atoms. The number of nitrogens with one attached hydrogen (secondary N) is 3. The zero-order chi connectivity index (χ0) is 29.7. The van der Waals surface area contributed by atoms with E-state index in [2.05, 4.69) is 10.0 Å². The third kappa shape index (κ3) is 5.57. The van der Waals surface area contributed by atoms with E-state index < -0.39 is 79.4 Å². The molecular weight excluding hydrogens is 593 g/mol. The van der Waals surface area contributed by atoms with E-state index in [9.17, 15) is 44.8 Å². The second kappa shape index (κ2) is 10.5. The number of carbonyl (C=O) groups is 3. The van der Waals surface area contributed by atoms with Crippen molar-refractivity contribution in [1.29, 1.82) is 0 Å². The highest BCUT2D eigenvalue weighted by molar-refractivity contribution is 7.89. The number of likely N-dealkylation sites (tertiary alicyclic amines) is 1. The van der Waals surface area contributed by atoms with Gasteiger partial charge in [0.05, 0.1) is 6.61 Å². The second-order valence-electron chi connectivity index (χ2n) is 9.19. The smallest absolute Gasteiger partial charge is 0.408 e. The van der Waals surface area contributed by atoms with Crippen LogP contribution in [-0.2, 0) is 26.7 Å². The lowest BCUT2D eigenvalue weighted by atomic mass is 10.1. The Morgan fingerprint density at radius 1 is 1.18 bits per heavy atom. The molecule has 3 heterocycles.